The van der Waals surface area contributed by atoms with Gasteiger partial charge in [0.15, 0.2) is 0 Å². The molecule has 0 heterocycles. The molecule has 0 spiro atoms. The molecule has 0 aliphatic heterocycles. The van der Waals surface area contributed by atoms with Crippen molar-refractivity contribution in [3.63, 3.8) is 0 Å². The topological polar surface area (TPSA) is 68.6 Å². The van der Waals surface area contributed by atoms with Crippen molar-refractivity contribution in [3.8, 4) is 6.07 Å². The molecule has 0 fully saturated rings. The van der Waals surface area contributed by atoms with Crippen LogP contribution in [0.1, 0.15) is 6.42 Å². The van der Waals surface area contributed by atoms with E-state index in [2.05, 4.69) is 0 Å². The molecular weight excluding hydrogens is 178 g/mol. The molecule has 0 aliphatic rings. The summed E-state index contributed by atoms with van der Waals surface area (Å²) in [5.74, 6) is 0. The van der Waals surface area contributed by atoms with E-state index in [4.69, 9.17) is 18.5 Å². The molecule has 0 bridgehead atoms. The maximum atomic E-state index is 11.2. The van der Waals surface area contributed by atoms with Crippen LogP contribution in [0.2, 0.25) is 0 Å². The minimum absolute atomic E-state index is 0.248. The van der Waals surface area contributed by atoms with Gasteiger partial charge >= 0.3 is 8.80 Å². The lowest BCUT2D eigenvalue weighted by atomic mass is 10.5. The Hall–Kier alpha value is -0.743. The lowest BCUT2D eigenvalue weighted by Gasteiger charge is -2.21. The van der Waals surface area contributed by atoms with E-state index in [1.54, 1.807) is 6.07 Å². The van der Waals surface area contributed by atoms with Crippen LogP contribution in [0, 0.1) is 11.3 Å². The maximum Gasteiger partial charge on any atom is 0.575 e. The Morgan fingerprint density at radius 3 is 2.00 bits per heavy atom. The first kappa shape index (κ1) is 11.3. The first-order valence-electron chi connectivity index (χ1n) is 3.22. The Bertz CT molecular complexity index is 188. The standard InChI is InChI=1S/C6H11NO4Si/c1-9-12(10-2,11-3)6(8)4-5-7/h4H2,1-3H3. The number of carbonyl (C=O) groups excluding carboxylic acids is 1. The minimum atomic E-state index is -3.20. The van der Waals surface area contributed by atoms with Gasteiger partial charge in [0.25, 0.3) is 0 Å². The van der Waals surface area contributed by atoms with Gasteiger partial charge in [-0.2, -0.15) is 5.26 Å². The van der Waals surface area contributed by atoms with E-state index in [0.717, 1.165) is 0 Å². The number of hydrogen-bond donors (Lipinski definition) is 0. The normalized spacial score (nSPS) is 10.8. The van der Waals surface area contributed by atoms with Crippen molar-refractivity contribution in [2.45, 2.75) is 6.42 Å². The van der Waals surface area contributed by atoms with Gasteiger partial charge in [-0.05, 0) is 0 Å². The second kappa shape index (κ2) is 5.00. The van der Waals surface area contributed by atoms with Gasteiger partial charge in [0, 0.05) is 21.3 Å². The van der Waals surface area contributed by atoms with Crippen LogP contribution in [0.3, 0.4) is 0 Å². The summed E-state index contributed by atoms with van der Waals surface area (Å²) in [5, 5.41) is 7.85. The molecule has 0 rings (SSSR count). The van der Waals surface area contributed by atoms with Gasteiger partial charge in [-0.25, -0.2) is 0 Å². The van der Waals surface area contributed by atoms with Crippen LogP contribution in [0.15, 0.2) is 0 Å². The molecule has 0 unspecified atom stereocenters. The Balaban J connectivity index is 4.49. The lowest BCUT2D eigenvalue weighted by Crippen LogP contribution is -2.51. The van der Waals surface area contributed by atoms with E-state index in [1.165, 1.54) is 21.3 Å². The fourth-order valence-electron chi connectivity index (χ4n) is 0.772. The fraction of sp³-hybridized carbons (Fsp3) is 0.667. The van der Waals surface area contributed by atoms with Crippen molar-refractivity contribution in [1.82, 2.24) is 0 Å². The monoisotopic (exact) mass is 189 g/mol. The largest absolute Gasteiger partial charge is 0.575 e. The summed E-state index contributed by atoms with van der Waals surface area (Å²) in [6, 6.07) is 1.72. The summed E-state index contributed by atoms with van der Waals surface area (Å²) in [4.78, 5) is 11.2. The third kappa shape index (κ3) is 2.12. The van der Waals surface area contributed by atoms with Crippen LogP contribution in [-0.2, 0) is 18.1 Å². The number of hydrogen-bond acceptors (Lipinski definition) is 5. The van der Waals surface area contributed by atoms with Gasteiger partial charge in [-0.15, -0.1) is 0 Å². The molecule has 0 aromatic carbocycles. The van der Waals surface area contributed by atoms with Crippen molar-refractivity contribution in [2.75, 3.05) is 21.3 Å². The fourth-order valence-corrected chi connectivity index (χ4v) is 2.25. The summed E-state index contributed by atoms with van der Waals surface area (Å²) in [5.41, 5.74) is 0. The first-order chi connectivity index (χ1) is 5.66. The van der Waals surface area contributed by atoms with Gasteiger partial charge in [0.1, 0.15) is 0 Å². The Labute approximate surface area is 72.2 Å². The van der Waals surface area contributed by atoms with Crippen molar-refractivity contribution in [1.29, 1.82) is 5.26 Å². The number of nitriles is 1. The molecule has 0 amide bonds. The molecule has 6 heteroatoms. The molecule has 5 nitrogen and oxygen atoms in total. The van der Waals surface area contributed by atoms with Crippen molar-refractivity contribution < 1.29 is 18.1 Å². The third-order valence-electron chi connectivity index (χ3n) is 1.39. The molecule has 0 N–H and O–H groups in total. The molecule has 0 saturated heterocycles. The van der Waals surface area contributed by atoms with Crippen LogP contribution in [-0.4, -0.2) is 35.5 Å². The van der Waals surface area contributed by atoms with Crippen LogP contribution < -0.4 is 0 Å². The number of nitrogens with zero attached hydrogens (tertiary/aromatic N) is 1. The van der Waals surface area contributed by atoms with Crippen LogP contribution in [0.25, 0.3) is 0 Å². The van der Waals surface area contributed by atoms with E-state index in [1.807, 2.05) is 0 Å². The highest BCUT2D eigenvalue weighted by Crippen LogP contribution is 2.08. The molecular formula is C6H11NO4Si. The van der Waals surface area contributed by atoms with E-state index in [-0.39, 0.29) is 6.42 Å². The van der Waals surface area contributed by atoms with Crippen molar-refractivity contribution >= 4 is 14.2 Å². The molecule has 0 aromatic heterocycles. The number of rotatable bonds is 5. The summed E-state index contributed by atoms with van der Waals surface area (Å²) in [6.45, 7) is 0. The highest BCUT2D eigenvalue weighted by atomic mass is 28.4. The van der Waals surface area contributed by atoms with Crippen LogP contribution in [0.5, 0.6) is 0 Å². The summed E-state index contributed by atoms with van der Waals surface area (Å²) in [6.07, 6.45) is -0.248. The predicted molar refractivity (Wildman–Crippen MR) is 42.0 cm³/mol. The quantitative estimate of drug-likeness (QED) is 0.564. The zero-order chi connectivity index (χ0) is 9.61. The SMILES string of the molecule is CO[Si](OC)(OC)C(=O)CC#N. The maximum absolute atomic E-state index is 11.2. The molecule has 12 heavy (non-hydrogen) atoms. The van der Waals surface area contributed by atoms with Gasteiger partial charge in [-0.1, -0.05) is 0 Å². The van der Waals surface area contributed by atoms with E-state index >= 15 is 0 Å². The average molecular weight is 189 g/mol. The zero-order valence-corrected chi connectivity index (χ0v) is 8.29. The van der Waals surface area contributed by atoms with E-state index in [0.29, 0.717) is 0 Å². The Morgan fingerprint density at radius 2 is 1.75 bits per heavy atom. The van der Waals surface area contributed by atoms with Crippen LogP contribution >= 0.6 is 0 Å². The average Bonchev–Trinajstić information content (AvgIpc) is 2.09. The molecule has 0 aliphatic carbocycles. The van der Waals surface area contributed by atoms with Crippen LogP contribution in [0.4, 0.5) is 0 Å². The summed E-state index contributed by atoms with van der Waals surface area (Å²) < 4.78 is 14.5. The molecule has 0 atom stereocenters. The smallest absolute Gasteiger partial charge is 0.372 e. The van der Waals surface area contributed by atoms with Gasteiger partial charge in [0.2, 0.25) is 5.41 Å². The van der Waals surface area contributed by atoms with Gasteiger partial charge in [-0.3, -0.25) is 4.79 Å². The summed E-state index contributed by atoms with van der Waals surface area (Å²) >= 11 is 0. The Kier molecular flexibility index (Phi) is 4.69. The highest BCUT2D eigenvalue weighted by Gasteiger charge is 2.47. The van der Waals surface area contributed by atoms with Crippen molar-refractivity contribution in [3.05, 3.63) is 0 Å². The predicted octanol–water partition coefficient (Wildman–Crippen LogP) is -0.114. The summed E-state index contributed by atoms with van der Waals surface area (Å²) in [7, 11) is 0.780. The third-order valence-corrected chi connectivity index (χ3v) is 3.86. The molecule has 0 aromatic rings. The molecule has 0 saturated carbocycles. The lowest BCUT2D eigenvalue weighted by molar-refractivity contribution is -0.117. The van der Waals surface area contributed by atoms with Crippen molar-refractivity contribution in [2.24, 2.45) is 0 Å². The second-order valence-electron chi connectivity index (χ2n) is 1.93. The number of carbonyl (C=O) groups is 1. The highest BCUT2D eigenvalue weighted by molar-refractivity contribution is 6.92. The van der Waals surface area contributed by atoms with E-state index in [9.17, 15) is 4.79 Å². The minimum Gasteiger partial charge on any atom is -0.372 e. The first-order valence-corrected chi connectivity index (χ1v) is 4.95. The zero-order valence-electron chi connectivity index (χ0n) is 7.29. The molecule has 68 valence electrons. The molecule has 0 radical (unpaired) electrons. The van der Waals surface area contributed by atoms with E-state index < -0.39 is 14.2 Å². The van der Waals surface area contributed by atoms with Gasteiger partial charge < -0.3 is 13.3 Å². The second-order valence-corrected chi connectivity index (χ2v) is 4.82. The van der Waals surface area contributed by atoms with Gasteiger partial charge in [0.05, 0.1) is 12.5 Å². The Morgan fingerprint density at radius 1 is 1.33 bits per heavy atom.